The van der Waals surface area contributed by atoms with Crippen LogP contribution in [-0.4, -0.2) is 49.9 Å². The minimum absolute atomic E-state index is 0.154. The lowest BCUT2D eigenvalue weighted by molar-refractivity contribution is 0.315. The van der Waals surface area contributed by atoms with Gasteiger partial charge in [-0.2, -0.15) is 5.10 Å². The van der Waals surface area contributed by atoms with Crippen LogP contribution < -0.4 is 10.1 Å². The smallest absolute Gasteiger partial charge is 0.157 e. The van der Waals surface area contributed by atoms with E-state index in [4.69, 9.17) is 4.74 Å². The molecule has 0 spiro atoms. The standard InChI is InChI=1S/C11H21N3O3S/c1-3-6-14-10-11(9-13-14)17-7-4-12-5-8-18(2,15)16/h9-10,12H,3-8H2,1-2H3. The van der Waals surface area contributed by atoms with Crippen molar-refractivity contribution in [1.29, 1.82) is 0 Å². The average Bonchev–Trinajstić information content (AvgIpc) is 2.70. The Kier molecular flexibility index (Phi) is 6.14. The Hall–Kier alpha value is -1.08. The third-order valence-corrected chi connectivity index (χ3v) is 3.21. The van der Waals surface area contributed by atoms with Gasteiger partial charge in [0.05, 0.1) is 18.1 Å². The zero-order chi connectivity index (χ0) is 13.4. The van der Waals surface area contributed by atoms with Crippen molar-refractivity contribution in [3.63, 3.8) is 0 Å². The number of rotatable bonds is 9. The minimum atomic E-state index is -2.88. The molecule has 0 radical (unpaired) electrons. The van der Waals surface area contributed by atoms with Gasteiger partial charge in [-0.15, -0.1) is 0 Å². The SMILES string of the molecule is CCCn1cc(OCCNCCS(C)(=O)=O)cn1. The largest absolute Gasteiger partial charge is 0.489 e. The second kappa shape index (κ2) is 7.38. The first-order valence-corrected chi connectivity index (χ1v) is 8.11. The average molecular weight is 275 g/mol. The third kappa shape index (κ3) is 6.61. The summed E-state index contributed by atoms with van der Waals surface area (Å²) < 4.78 is 29.0. The molecule has 1 N–H and O–H groups in total. The molecule has 6 nitrogen and oxygen atoms in total. The van der Waals surface area contributed by atoms with Crippen LogP contribution in [0.15, 0.2) is 12.4 Å². The van der Waals surface area contributed by atoms with E-state index in [1.54, 1.807) is 6.20 Å². The van der Waals surface area contributed by atoms with Crippen LogP contribution in [0.5, 0.6) is 5.75 Å². The van der Waals surface area contributed by atoms with Crippen LogP contribution in [0.25, 0.3) is 0 Å². The van der Waals surface area contributed by atoms with E-state index in [1.165, 1.54) is 6.26 Å². The van der Waals surface area contributed by atoms with Gasteiger partial charge in [0.1, 0.15) is 16.4 Å². The molecule has 1 aromatic rings. The Labute approximate surface area is 108 Å². The van der Waals surface area contributed by atoms with Crippen LogP contribution in [0, 0.1) is 0 Å². The third-order valence-electron chi connectivity index (χ3n) is 2.26. The summed E-state index contributed by atoms with van der Waals surface area (Å²) in [5.74, 6) is 0.898. The number of nitrogens with zero attached hydrogens (tertiary/aromatic N) is 2. The molecule has 1 aromatic heterocycles. The Morgan fingerprint density at radius 2 is 2.22 bits per heavy atom. The van der Waals surface area contributed by atoms with Crippen molar-refractivity contribution in [2.45, 2.75) is 19.9 Å². The molecule has 0 saturated carbocycles. The van der Waals surface area contributed by atoms with E-state index in [0.717, 1.165) is 18.7 Å². The molecule has 104 valence electrons. The van der Waals surface area contributed by atoms with Crippen molar-refractivity contribution in [2.24, 2.45) is 0 Å². The Balaban J connectivity index is 2.10. The van der Waals surface area contributed by atoms with Gasteiger partial charge in [-0.25, -0.2) is 8.42 Å². The summed E-state index contributed by atoms with van der Waals surface area (Å²) >= 11 is 0. The van der Waals surface area contributed by atoms with E-state index in [2.05, 4.69) is 17.3 Å². The molecule has 0 aliphatic carbocycles. The first-order valence-electron chi connectivity index (χ1n) is 6.05. The number of aryl methyl sites for hydroxylation is 1. The molecule has 7 heteroatoms. The highest BCUT2D eigenvalue weighted by molar-refractivity contribution is 7.90. The molecular weight excluding hydrogens is 254 g/mol. The number of sulfone groups is 1. The first-order chi connectivity index (χ1) is 8.51. The fraction of sp³-hybridized carbons (Fsp3) is 0.727. The van der Waals surface area contributed by atoms with E-state index in [9.17, 15) is 8.42 Å². The molecule has 1 rings (SSSR count). The van der Waals surface area contributed by atoms with Gasteiger partial charge in [0.15, 0.2) is 5.75 Å². The van der Waals surface area contributed by atoms with E-state index < -0.39 is 9.84 Å². The number of nitrogens with one attached hydrogen (secondary N) is 1. The van der Waals surface area contributed by atoms with E-state index in [1.807, 2.05) is 10.9 Å². The first kappa shape index (κ1) is 15.0. The highest BCUT2D eigenvalue weighted by Crippen LogP contribution is 2.07. The molecule has 0 atom stereocenters. The maximum atomic E-state index is 10.9. The van der Waals surface area contributed by atoms with Gasteiger partial charge in [0, 0.05) is 25.9 Å². The molecule has 0 saturated heterocycles. The lowest BCUT2D eigenvalue weighted by Crippen LogP contribution is -2.26. The van der Waals surface area contributed by atoms with Gasteiger partial charge in [0.25, 0.3) is 0 Å². The fourth-order valence-electron chi connectivity index (χ4n) is 1.39. The van der Waals surface area contributed by atoms with Crippen LogP contribution >= 0.6 is 0 Å². The highest BCUT2D eigenvalue weighted by Gasteiger charge is 2.01. The Morgan fingerprint density at radius 3 is 2.89 bits per heavy atom. The number of hydrogen-bond donors (Lipinski definition) is 1. The lowest BCUT2D eigenvalue weighted by Gasteiger charge is -2.05. The molecule has 1 heterocycles. The van der Waals surface area contributed by atoms with Crippen LogP contribution in [0.3, 0.4) is 0 Å². The molecule has 0 aliphatic heterocycles. The summed E-state index contributed by atoms with van der Waals surface area (Å²) in [7, 11) is -2.88. The van der Waals surface area contributed by atoms with E-state index in [-0.39, 0.29) is 5.75 Å². The fourth-order valence-corrected chi connectivity index (χ4v) is 1.91. The maximum absolute atomic E-state index is 10.9. The normalized spacial score (nSPS) is 11.7. The molecule has 18 heavy (non-hydrogen) atoms. The molecule has 0 unspecified atom stereocenters. The second-order valence-electron chi connectivity index (χ2n) is 4.17. The quantitative estimate of drug-likeness (QED) is 0.656. The van der Waals surface area contributed by atoms with Crippen LogP contribution in [0.1, 0.15) is 13.3 Å². The predicted molar refractivity (Wildman–Crippen MR) is 70.6 cm³/mol. The summed E-state index contributed by atoms with van der Waals surface area (Å²) in [5.41, 5.74) is 0. The van der Waals surface area contributed by atoms with Gasteiger partial charge in [-0.3, -0.25) is 4.68 Å². The van der Waals surface area contributed by atoms with Gasteiger partial charge in [-0.1, -0.05) is 6.92 Å². The van der Waals surface area contributed by atoms with Crippen molar-refractivity contribution < 1.29 is 13.2 Å². The van der Waals surface area contributed by atoms with Crippen molar-refractivity contribution in [3.05, 3.63) is 12.4 Å². The highest BCUT2D eigenvalue weighted by atomic mass is 32.2. The van der Waals surface area contributed by atoms with Crippen molar-refractivity contribution in [1.82, 2.24) is 15.1 Å². The van der Waals surface area contributed by atoms with Crippen LogP contribution in [-0.2, 0) is 16.4 Å². The van der Waals surface area contributed by atoms with Gasteiger partial charge < -0.3 is 10.1 Å². The molecule has 0 amide bonds. The van der Waals surface area contributed by atoms with Crippen molar-refractivity contribution >= 4 is 9.84 Å². The summed E-state index contributed by atoms with van der Waals surface area (Å²) in [6.07, 6.45) is 5.81. The van der Waals surface area contributed by atoms with E-state index >= 15 is 0 Å². The lowest BCUT2D eigenvalue weighted by atomic mass is 10.5. The van der Waals surface area contributed by atoms with Gasteiger partial charge >= 0.3 is 0 Å². The molecule has 0 aliphatic rings. The predicted octanol–water partition coefficient (Wildman–Crippen LogP) is 0.306. The molecular formula is C11H21N3O3S. The number of aromatic nitrogens is 2. The van der Waals surface area contributed by atoms with Crippen LogP contribution in [0.2, 0.25) is 0 Å². The summed E-state index contributed by atoms with van der Waals surface area (Å²) in [4.78, 5) is 0. The Bertz CT molecular complexity index is 442. The van der Waals surface area contributed by atoms with Crippen molar-refractivity contribution in [2.75, 3.05) is 31.7 Å². The monoisotopic (exact) mass is 275 g/mol. The summed E-state index contributed by atoms with van der Waals surface area (Å²) in [5, 5.41) is 7.16. The molecule has 0 aromatic carbocycles. The van der Waals surface area contributed by atoms with Crippen molar-refractivity contribution in [3.8, 4) is 5.75 Å². The summed E-state index contributed by atoms with van der Waals surface area (Å²) in [6, 6.07) is 0. The molecule has 0 bridgehead atoms. The topological polar surface area (TPSA) is 73.2 Å². The minimum Gasteiger partial charge on any atom is -0.489 e. The summed E-state index contributed by atoms with van der Waals surface area (Å²) in [6.45, 7) is 4.55. The second-order valence-corrected chi connectivity index (χ2v) is 6.43. The van der Waals surface area contributed by atoms with Gasteiger partial charge in [-0.05, 0) is 6.42 Å². The van der Waals surface area contributed by atoms with E-state index in [0.29, 0.717) is 19.7 Å². The van der Waals surface area contributed by atoms with Crippen LogP contribution in [0.4, 0.5) is 0 Å². The van der Waals surface area contributed by atoms with Gasteiger partial charge in [0.2, 0.25) is 0 Å². The zero-order valence-corrected chi connectivity index (χ0v) is 11.7. The zero-order valence-electron chi connectivity index (χ0n) is 10.9. The maximum Gasteiger partial charge on any atom is 0.157 e. The number of hydrogen-bond acceptors (Lipinski definition) is 5. The Morgan fingerprint density at radius 1 is 1.44 bits per heavy atom. The molecule has 0 fully saturated rings. The number of ether oxygens (including phenoxy) is 1.